The van der Waals surface area contributed by atoms with E-state index in [0.717, 1.165) is 5.56 Å². The smallest absolute Gasteiger partial charge is 0.255 e. The van der Waals surface area contributed by atoms with Crippen LogP contribution in [0.5, 0.6) is 11.5 Å². The number of carbonyl (C=O) groups excluding carboxylic acids is 2. The van der Waals surface area contributed by atoms with Gasteiger partial charge in [0.1, 0.15) is 6.04 Å². The predicted octanol–water partition coefficient (Wildman–Crippen LogP) is 2.44. The Bertz CT molecular complexity index is 1100. The Morgan fingerprint density at radius 1 is 1.26 bits per heavy atom. The lowest BCUT2D eigenvalue weighted by Gasteiger charge is -2.32. The number of carbonyl (C=O) groups is 2. The van der Waals surface area contributed by atoms with Gasteiger partial charge in [-0.1, -0.05) is 24.3 Å². The lowest BCUT2D eigenvalue weighted by Crippen LogP contribution is -2.39. The molecule has 9 heteroatoms. The molecule has 0 radical (unpaired) electrons. The number of nitrogens with zero attached hydrogens (tertiary/aromatic N) is 3. The maximum atomic E-state index is 13.4. The van der Waals surface area contributed by atoms with Gasteiger partial charge in [-0.25, -0.2) is 0 Å². The van der Waals surface area contributed by atoms with Gasteiger partial charge < -0.3 is 24.5 Å². The summed E-state index contributed by atoms with van der Waals surface area (Å²) in [5.41, 5.74) is 7.49. The summed E-state index contributed by atoms with van der Waals surface area (Å²) in [4.78, 5) is 27.3. The van der Waals surface area contributed by atoms with Gasteiger partial charge in [0.25, 0.3) is 5.91 Å². The van der Waals surface area contributed by atoms with Crippen LogP contribution in [-0.2, 0) is 11.2 Å². The van der Waals surface area contributed by atoms with E-state index < -0.39 is 18.0 Å². The first kappa shape index (κ1) is 20.4. The van der Waals surface area contributed by atoms with E-state index in [1.54, 1.807) is 43.5 Å². The highest BCUT2D eigenvalue weighted by atomic mass is 16.5. The van der Waals surface area contributed by atoms with Crippen molar-refractivity contribution in [2.45, 2.75) is 25.4 Å². The molecule has 2 heterocycles. The van der Waals surface area contributed by atoms with Crippen LogP contribution >= 0.6 is 0 Å². The molecule has 1 aromatic heterocycles. The van der Waals surface area contributed by atoms with Crippen LogP contribution in [0.4, 0.5) is 0 Å². The van der Waals surface area contributed by atoms with Gasteiger partial charge in [0.15, 0.2) is 11.5 Å². The SMILES string of the molecule is CCOc1cc(C(Cc2nnco2)N2C(=O)c3ccccc3C2C(N)=O)ccc1OC. The lowest BCUT2D eigenvalue weighted by atomic mass is 9.98. The van der Waals surface area contributed by atoms with Gasteiger partial charge in [0, 0.05) is 5.56 Å². The number of hydrogen-bond acceptors (Lipinski definition) is 7. The van der Waals surface area contributed by atoms with Gasteiger partial charge in [-0.3, -0.25) is 9.59 Å². The Balaban J connectivity index is 1.83. The molecule has 2 atom stereocenters. The maximum Gasteiger partial charge on any atom is 0.255 e. The Hall–Kier alpha value is -3.88. The van der Waals surface area contributed by atoms with Gasteiger partial charge in [0.05, 0.1) is 26.2 Å². The van der Waals surface area contributed by atoms with E-state index in [2.05, 4.69) is 10.2 Å². The van der Waals surface area contributed by atoms with Crippen molar-refractivity contribution in [1.29, 1.82) is 0 Å². The number of hydrogen-bond donors (Lipinski definition) is 1. The number of fused-ring (bicyclic) bond motifs is 1. The molecule has 4 rings (SSSR count). The van der Waals surface area contributed by atoms with E-state index in [9.17, 15) is 9.59 Å². The highest BCUT2D eigenvalue weighted by Crippen LogP contribution is 2.42. The Morgan fingerprint density at radius 3 is 2.74 bits per heavy atom. The molecule has 3 aromatic rings. The molecule has 31 heavy (non-hydrogen) atoms. The third kappa shape index (κ3) is 3.70. The van der Waals surface area contributed by atoms with Gasteiger partial charge >= 0.3 is 0 Å². The van der Waals surface area contributed by atoms with E-state index >= 15 is 0 Å². The normalized spacial score (nSPS) is 16.1. The molecule has 0 saturated carbocycles. The van der Waals surface area contributed by atoms with Gasteiger partial charge in [0.2, 0.25) is 18.2 Å². The summed E-state index contributed by atoms with van der Waals surface area (Å²) in [5.74, 6) is 0.498. The molecule has 0 spiro atoms. The van der Waals surface area contributed by atoms with Crippen LogP contribution in [0.2, 0.25) is 0 Å². The van der Waals surface area contributed by atoms with Crippen molar-refractivity contribution < 1.29 is 23.5 Å². The molecule has 160 valence electrons. The third-order valence-electron chi connectivity index (χ3n) is 5.25. The van der Waals surface area contributed by atoms with Crippen LogP contribution in [0, 0.1) is 0 Å². The highest BCUT2D eigenvalue weighted by molar-refractivity contribution is 6.04. The first-order valence-electron chi connectivity index (χ1n) is 9.81. The Kier molecular flexibility index (Phi) is 5.57. The monoisotopic (exact) mass is 422 g/mol. The van der Waals surface area contributed by atoms with Crippen LogP contribution in [0.3, 0.4) is 0 Å². The van der Waals surface area contributed by atoms with Crippen molar-refractivity contribution in [3.63, 3.8) is 0 Å². The van der Waals surface area contributed by atoms with Crippen molar-refractivity contribution in [3.05, 3.63) is 71.4 Å². The van der Waals surface area contributed by atoms with Crippen LogP contribution in [0.15, 0.2) is 53.3 Å². The number of amides is 2. The molecule has 2 aromatic carbocycles. The fraction of sp³-hybridized carbons (Fsp3) is 0.273. The van der Waals surface area contributed by atoms with E-state index in [-0.39, 0.29) is 12.3 Å². The fourth-order valence-electron chi connectivity index (χ4n) is 3.94. The summed E-state index contributed by atoms with van der Waals surface area (Å²) in [6.45, 7) is 2.30. The zero-order chi connectivity index (χ0) is 22.0. The molecule has 1 aliphatic rings. The fourth-order valence-corrected chi connectivity index (χ4v) is 3.94. The Labute approximate surface area is 178 Å². The number of aromatic nitrogens is 2. The number of primary amides is 1. The average Bonchev–Trinajstić information content (AvgIpc) is 3.38. The van der Waals surface area contributed by atoms with Crippen LogP contribution in [0.25, 0.3) is 0 Å². The number of rotatable bonds is 8. The first-order chi connectivity index (χ1) is 15.0. The van der Waals surface area contributed by atoms with Crippen LogP contribution < -0.4 is 15.2 Å². The number of nitrogens with two attached hydrogens (primary N) is 1. The summed E-state index contributed by atoms with van der Waals surface area (Å²) in [7, 11) is 1.55. The van der Waals surface area contributed by atoms with Gasteiger partial charge in [-0.2, -0.15) is 0 Å². The minimum Gasteiger partial charge on any atom is -0.493 e. The van der Waals surface area contributed by atoms with Crippen LogP contribution in [0.1, 0.15) is 46.4 Å². The summed E-state index contributed by atoms with van der Waals surface area (Å²) in [5, 5.41) is 7.69. The molecular formula is C22H22N4O5. The molecule has 1 aliphatic heterocycles. The summed E-state index contributed by atoms with van der Waals surface area (Å²) < 4.78 is 16.4. The van der Waals surface area contributed by atoms with E-state index in [1.807, 2.05) is 13.0 Å². The second-order valence-electron chi connectivity index (χ2n) is 7.00. The van der Waals surface area contributed by atoms with Gasteiger partial charge in [-0.05, 0) is 36.2 Å². The predicted molar refractivity (Wildman–Crippen MR) is 109 cm³/mol. The minimum atomic E-state index is -0.922. The lowest BCUT2D eigenvalue weighted by molar-refractivity contribution is -0.123. The van der Waals surface area contributed by atoms with Gasteiger partial charge in [-0.15, -0.1) is 10.2 Å². The molecule has 9 nitrogen and oxygen atoms in total. The summed E-state index contributed by atoms with van der Waals surface area (Å²) in [6.07, 6.45) is 1.42. The number of benzene rings is 2. The number of ether oxygens (including phenoxy) is 2. The van der Waals surface area contributed by atoms with Crippen molar-refractivity contribution >= 4 is 11.8 Å². The second-order valence-corrected chi connectivity index (χ2v) is 7.00. The molecule has 0 aliphatic carbocycles. The summed E-state index contributed by atoms with van der Waals surface area (Å²) in [6, 6.07) is 10.8. The second kappa shape index (κ2) is 8.47. The molecule has 0 bridgehead atoms. The van der Waals surface area contributed by atoms with E-state index in [0.29, 0.717) is 35.1 Å². The molecule has 2 N–H and O–H groups in total. The van der Waals surface area contributed by atoms with Crippen molar-refractivity contribution in [3.8, 4) is 11.5 Å². The zero-order valence-corrected chi connectivity index (χ0v) is 17.1. The highest BCUT2D eigenvalue weighted by Gasteiger charge is 2.44. The van der Waals surface area contributed by atoms with E-state index in [4.69, 9.17) is 19.6 Å². The average molecular weight is 422 g/mol. The molecular weight excluding hydrogens is 400 g/mol. The van der Waals surface area contributed by atoms with E-state index in [1.165, 1.54) is 11.3 Å². The van der Waals surface area contributed by atoms with Crippen molar-refractivity contribution in [2.75, 3.05) is 13.7 Å². The molecule has 2 amide bonds. The molecule has 0 saturated heterocycles. The maximum absolute atomic E-state index is 13.4. The topological polar surface area (TPSA) is 121 Å². The van der Waals surface area contributed by atoms with Crippen molar-refractivity contribution in [1.82, 2.24) is 15.1 Å². The molecule has 0 fully saturated rings. The zero-order valence-electron chi connectivity index (χ0n) is 17.1. The molecule has 2 unspecified atom stereocenters. The Morgan fingerprint density at radius 2 is 2.06 bits per heavy atom. The first-order valence-corrected chi connectivity index (χ1v) is 9.81. The summed E-state index contributed by atoms with van der Waals surface area (Å²) >= 11 is 0. The van der Waals surface area contributed by atoms with Crippen LogP contribution in [-0.4, -0.2) is 40.6 Å². The van der Waals surface area contributed by atoms with Crippen molar-refractivity contribution in [2.24, 2.45) is 5.73 Å². The number of methoxy groups -OCH3 is 1. The minimum absolute atomic E-state index is 0.196. The quantitative estimate of drug-likeness (QED) is 0.592. The standard InChI is InChI=1S/C22H22N4O5/c1-3-30-18-10-13(8-9-17(18)29-2)16(11-19-25-24-12-31-19)26-20(21(23)27)14-6-4-5-7-15(14)22(26)28/h4-10,12,16,20H,3,11H2,1-2H3,(H2,23,27). The largest absolute Gasteiger partial charge is 0.493 e. The third-order valence-corrected chi connectivity index (χ3v) is 5.25.